The average Bonchev–Trinajstić information content (AvgIpc) is 3.05. The molecule has 0 spiro atoms. The van der Waals surface area contributed by atoms with E-state index in [1.54, 1.807) is 11.3 Å². The molecule has 0 bridgehead atoms. The van der Waals surface area contributed by atoms with Crippen LogP contribution in [0.5, 0.6) is 0 Å². The van der Waals surface area contributed by atoms with Crippen LogP contribution in [-0.2, 0) is 6.42 Å². The Kier molecular flexibility index (Phi) is 3.65. The Labute approximate surface area is 136 Å². The molecule has 1 atom stereocenters. The van der Waals surface area contributed by atoms with Crippen LogP contribution in [0, 0.1) is 18.8 Å². The third-order valence-electron chi connectivity index (χ3n) is 5.45. The molecule has 0 saturated heterocycles. The van der Waals surface area contributed by atoms with Crippen LogP contribution < -0.4 is 0 Å². The van der Waals surface area contributed by atoms with E-state index in [0.717, 1.165) is 11.3 Å². The molecule has 0 N–H and O–H groups in total. The minimum absolute atomic E-state index is 0.268. The zero-order valence-electron chi connectivity index (χ0n) is 13.1. The van der Waals surface area contributed by atoms with Crippen molar-refractivity contribution in [1.82, 2.24) is 0 Å². The molecule has 1 aromatic heterocycles. The Balaban J connectivity index is 1.70. The van der Waals surface area contributed by atoms with Crippen molar-refractivity contribution < 1.29 is 4.79 Å². The van der Waals surface area contributed by atoms with Crippen LogP contribution in [0.1, 0.15) is 52.2 Å². The van der Waals surface area contributed by atoms with Gasteiger partial charge in [-0.3, -0.25) is 4.79 Å². The lowest BCUT2D eigenvalue weighted by Gasteiger charge is -2.26. The lowest BCUT2D eigenvalue weighted by molar-refractivity contribution is 0.0872. The van der Waals surface area contributed by atoms with Gasteiger partial charge >= 0.3 is 0 Å². The molecule has 114 valence electrons. The second kappa shape index (κ2) is 5.66. The molecule has 2 heteroatoms. The summed E-state index contributed by atoms with van der Waals surface area (Å²) >= 11 is 1.72. The van der Waals surface area contributed by atoms with Crippen molar-refractivity contribution in [2.24, 2.45) is 11.8 Å². The quantitative estimate of drug-likeness (QED) is 0.699. The van der Waals surface area contributed by atoms with Gasteiger partial charge in [-0.2, -0.15) is 0 Å². The highest BCUT2D eigenvalue weighted by atomic mass is 32.1. The number of fused-ring (bicyclic) bond motifs is 1. The van der Waals surface area contributed by atoms with Gasteiger partial charge in [0.1, 0.15) is 0 Å². The molecule has 1 unspecified atom stereocenters. The Hall–Kier alpha value is -1.41. The van der Waals surface area contributed by atoms with Crippen molar-refractivity contribution in [1.29, 1.82) is 0 Å². The molecule has 2 aliphatic carbocycles. The number of hydrogen-bond acceptors (Lipinski definition) is 2. The predicted octanol–water partition coefficient (Wildman–Crippen LogP) is 5.66. The summed E-state index contributed by atoms with van der Waals surface area (Å²) in [5, 5.41) is 0. The number of carbonyl (C=O) groups excluding carboxylic acids is 1. The van der Waals surface area contributed by atoms with Crippen LogP contribution in [0.15, 0.2) is 30.3 Å². The van der Waals surface area contributed by atoms with E-state index in [-0.39, 0.29) is 5.92 Å². The molecule has 2 aliphatic rings. The number of ketones is 1. The SMILES string of the molecule is Cc1sc2c(c1-c1ccccc1)CC(C1CCCCC1)C2=O. The maximum Gasteiger partial charge on any atom is 0.176 e. The van der Waals surface area contributed by atoms with Crippen LogP contribution in [0.4, 0.5) is 0 Å². The number of thiophene rings is 1. The van der Waals surface area contributed by atoms with Crippen molar-refractivity contribution in [3.8, 4) is 11.1 Å². The lowest BCUT2D eigenvalue weighted by atomic mass is 9.78. The maximum atomic E-state index is 12.9. The van der Waals surface area contributed by atoms with Crippen LogP contribution in [0.3, 0.4) is 0 Å². The molecule has 0 radical (unpaired) electrons. The van der Waals surface area contributed by atoms with Gasteiger partial charge in [0.15, 0.2) is 5.78 Å². The molecule has 1 heterocycles. The van der Waals surface area contributed by atoms with E-state index < -0.39 is 0 Å². The summed E-state index contributed by atoms with van der Waals surface area (Å²) in [4.78, 5) is 15.3. The van der Waals surface area contributed by atoms with E-state index in [1.807, 2.05) is 0 Å². The Morgan fingerprint density at radius 3 is 2.50 bits per heavy atom. The van der Waals surface area contributed by atoms with E-state index in [0.29, 0.717) is 11.7 Å². The fourth-order valence-corrected chi connectivity index (χ4v) is 5.58. The number of aryl methyl sites for hydroxylation is 1. The second-order valence-electron chi connectivity index (χ2n) is 6.78. The first kappa shape index (κ1) is 14.2. The predicted molar refractivity (Wildman–Crippen MR) is 92.6 cm³/mol. The van der Waals surface area contributed by atoms with E-state index in [4.69, 9.17) is 0 Å². The van der Waals surface area contributed by atoms with Crippen LogP contribution in [0.2, 0.25) is 0 Å². The molecule has 1 aromatic carbocycles. The molecule has 1 fully saturated rings. The first-order valence-corrected chi connectivity index (χ1v) is 9.29. The van der Waals surface area contributed by atoms with Gasteiger partial charge in [-0.1, -0.05) is 49.6 Å². The van der Waals surface area contributed by atoms with Crippen LogP contribution in [0.25, 0.3) is 11.1 Å². The normalized spacial score (nSPS) is 22.0. The number of hydrogen-bond donors (Lipinski definition) is 0. The molecule has 0 aliphatic heterocycles. The highest BCUT2D eigenvalue weighted by Gasteiger charge is 2.39. The van der Waals surface area contributed by atoms with Gasteiger partial charge in [0, 0.05) is 10.8 Å². The smallest absolute Gasteiger partial charge is 0.176 e. The zero-order chi connectivity index (χ0) is 15.1. The highest BCUT2D eigenvalue weighted by molar-refractivity contribution is 7.14. The fourth-order valence-electron chi connectivity index (χ4n) is 4.37. The largest absolute Gasteiger partial charge is 0.293 e. The Bertz CT molecular complexity index is 692. The molecule has 1 nitrogen and oxygen atoms in total. The molecular formula is C20H22OS. The van der Waals surface area contributed by atoms with Gasteiger partial charge in [-0.05, 0) is 48.8 Å². The number of Topliss-reactive ketones (excluding diaryl/α,β-unsaturated/α-hetero) is 1. The van der Waals surface area contributed by atoms with Crippen molar-refractivity contribution in [2.75, 3.05) is 0 Å². The van der Waals surface area contributed by atoms with Gasteiger partial charge in [0.2, 0.25) is 0 Å². The average molecular weight is 310 g/mol. The van der Waals surface area contributed by atoms with Crippen molar-refractivity contribution in [3.63, 3.8) is 0 Å². The molecule has 4 rings (SSSR count). The van der Waals surface area contributed by atoms with Crippen LogP contribution in [-0.4, -0.2) is 5.78 Å². The monoisotopic (exact) mass is 310 g/mol. The van der Waals surface area contributed by atoms with E-state index in [1.165, 1.54) is 53.7 Å². The Morgan fingerprint density at radius 1 is 1.05 bits per heavy atom. The second-order valence-corrected chi connectivity index (χ2v) is 8.00. The lowest BCUT2D eigenvalue weighted by Crippen LogP contribution is -2.23. The number of carbonyl (C=O) groups is 1. The van der Waals surface area contributed by atoms with E-state index >= 15 is 0 Å². The van der Waals surface area contributed by atoms with E-state index in [9.17, 15) is 4.79 Å². The Morgan fingerprint density at radius 2 is 1.77 bits per heavy atom. The number of benzene rings is 1. The maximum absolute atomic E-state index is 12.9. The summed E-state index contributed by atoms with van der Waals surface area (Å²) in [6, 6.07) is 10.6. The highest BCUT2D eigenvalue weighted by Crippen LogP contribution is 2.46. The van der Waals surface area contributed by atoms with Gasteiger partial charge in [-0.15, -0.1) is 11.3 Å². The van der Waals surface area contributed by atoms with Crippen molar-refractivity contribution in [2.45, 2.75) is 45.4 Å². The molecule has 22 heavy (non-hydrogen) atoms. The van der Waals surface area contributed by atoms with Crippen molar-refractivity contribution >= 4 is 17.1 Å². The minimum atomic E-state index is 0.268. The summed E-state index contributed by atoms with van der Waals surface area (Å²) in [5.74, 6) is 1.34. The molecule has 0 amide bonds. The third kappa shape index (κ3) is 2.25. The summed E-state index contributed by atoms with van der Waals surface area (Å²) < 4.78 is 0. The van der Waals surface area contributed by atoms with Crippen molar-refractivity contribution in [3.05, 3.63) is 45.6 Å². The first-order chi connectivity index (χ1) is 10.8. The van der Waals surface area contributed by atoms with Gasteiger partial charge in [0.25, 0.3) is 0 Å². The fraction of sp³-hybridized carbons (Fsp3) is 0.450. The summed E-state index contributed by atoms with van der Waals surface area (Å²) in [6.07, 6.45) is 7.47. The van der Waals surface area contributed by atoms with Gasteiger partial charge in [-0.25, -0.2) is 0 Å². The summed E-state index contributed by atoms with van der Waals surface area (Å²) in [6.45, 7) is 2.16. The molecular weight excluding hydrogens is 288 g/mol. The minimum Gasteiger partial charge on any atom is -0.293 e. The number of rotatable bonds is 2. The third-order valence-corrected chi connectivity index (χ3v) is 6.61. The standard InChI is InChI=1S/C20H22OS/c1-13-18(15-10-6-3-7-11-15)17-12-16(19(21)20(17)22-13)14-8-4-2-5-9-14/h3,6-7,10-11,14,16H,2,4-5,8-9,12H2,1H3. The zero-order valence-corrected chi connectivity index (χ0v) is 13.9. The molecule has 1 saturated carbocycles. The van der Waals surface area contributed by atoms with Gasteiger partial charge < -0.3 is 0 Å². The molecule has 2 aromatic rings. The summed E-state index contributed by atoms with van der Waals surface area (Å²) in [5.41, 5.74) is 3.95. The first-order valence-electron chi connectivity index (χ1n) is 8.47. The topological polar surface area (TPSA) is 17.1 Å². The van der Waals surface area contributed by atoms with E-state index in [2.05, 4.69) is 37.3 Å². The van der Waals surface area contributed by atoms with Crippen LogP contribution >= 0.6 is 11.3 Å². The summed E-state index contributed by atoms with van der Waals surface area (Å²) in [7, 11) is 0. The van der Waals surface area contributed by atoms with Gasteiger partial charge in [0.05, 0.1) is 4.88 Å².